The maximum atomic E-state index is 10.1. The maximum Gasteiger partial charge on any atom is 0.205 e. The zero-order chi connectivity index (χ0) is 26.7. The van der Waals surface area contributed by atoms with Crippen molar-refractivity contribution < 1.29 is 23.7 Å². The first-order chi connectivity index (χ1) is 17.8. The van der Waals surface area contributed by atoms with Crippen LogP contribution < -0.4 is 24.7 Å². The van der Waals surface area contributed by atoms with Crippen LogP contribution in [0.3, 0.4) is 0 Å². The molecule has 0 saturated heterocycles. The standard InChI is InChI=1S/C29H33N3O5/c1-17(2)32-15-20(11-18-7-9-23(33-3)25(12-18)35-5)28-22(16-32)27(21(14-30)29(31)37-28)19-8-10-24(34-4)26(13-19)36-6/h7-13,17,27H,15-16,31H2,1-6H3/b20-11+. The Bertz CT molecular complexity index is 1320. The van der Waals surface area contributed by atoms with Gasteiger partial charge in [0.15, 0.2) is 23.0 Å². The predicted octanol–water partition coefficient (Wildman–Crippen LogP) is 4.59. The van der Waals surface area contributed by atoms with Crippen LogP contribution in [0.1, 0.15) is 30.9 Å². The van der Waals surface area contributed by atoms with Gasteiger partial charge in [-0.1, -0.05) is 12.1 Å². The second kappa shape index (κ2) is 10.9. The minimum Gasteiger partial charge on any atom is -0.493 e. The van der Waals surface area contributed by atoms with Crippen molar-refractivity contribution in [3.05, 3.63) is 75.9 Å². The summed E-state index contributed by atoms with van der Waals surface area (Å²) in [7, 11) is 6.42. The van der Waals surface area contributed by atoms with Crippen molar-refractivity contribution in [3.8, 4) is 29.1 Å². The summed E-state index contributed by atoms with van der Waals surface area (Å²) in [6.45, 7) is 5.61. The fourth-order valence-electron chi connectivity index (χ4n) is 4.82. The second-order valence-electron chi connectivity index (χ2n) is 9.18. The topological polar surface area (TPSA) is 99.2 Å². The van der Waals surface area contributed by atoms with Gasteiger partial charge in [-0.2, -0.15) is 5.26 Å². The molecule has 1 atom stereocenters. The van der Waals surface area contributed by atoms with E-state index in [1.165, 1.54) is 0 Å². The molecule has 1 unspecified atom stereocenters. The van der Waals surface area contributed by atoms with E-state index >= 15 is 0 Å². The quantitative estimate of drug-likeness (QED) is 0.586. The number of allylic oxidation sites excluding steroid dienone is 1. The van der Waals surface area contributed by atoms with Crippen molar-refractivity contribution in [2.24, 2.45) is 5.73 Å². The molecule has 0 bridgehead atoms. The number of rotatable bonds is 7. The Balaban J connectivity index is 1.89. The highest BCUT2D eigenvalue weighted by atomic mass is 16.5. The lowest BCUT2D eigenvalue weighted by Gasteiger charge is -2.40. The SMILES string of the molecule is COc1ccc(/C=C2\CN(C(C)C)CC3=C2OC(N)=C(C#N)C3c2ccc(OC)c(OC)c2)cc1OC. The molecule has 0 amide bonds. The van der Waals surface area contributed by atoms with Crippen LogP contribution in [0.5, 0.6) is 23.0 Å². The molecule has 0 saturated carbocycles. The van der Waals surface area contributed by atoms with E-state index in [1.54, 1.807) is 28.4 Å². The number of hydrogen-bond donors (Lipinski definition) is 1. The first-order valence-corrected chi connectivity index (χ1v) is 12.0. The zero-order valence-electron chi connectivity index (χ0n) is 22.1. The summed E-state index contributed by atoms with van der Waals surface area (Å²) in [5, 5.41) is 10.1. The molecule has 194 valence electrons. The Morgan fingerprint density at radius 3 is 2.16 bits per heavy atom. The lowest BCUT2D eigenvalue weighted by molar-refractivity contribution is 0.208. The third kappa shape index (κ3) is 4.95. The van der Waals surface area contributed by atoms with Gasteiger partial charge in [-0.15, -0.1) is 0 Å². The number of nitrogens with two attached hydrogens (primary N) is 1. The number of nitriles is 1. The molecular formula is C29H33N3O5. The Hall–Kier alpha value is -4.09. The lowest BCUT2D eigenvalue weighted by Crippen LogP contribution is -2.41. The van der Waals surface area contributed by atoms with Crippen molar-refractivity contribution in [3.63, 3.8) is 0 Å². The van der Waals surface area contributed by atoms with Crippen LogP contribution in [0.25, 0.3) is 6.08 Å². The van der Waals surface area contributed by atoms with E-state index in [9.17, 15) is 5.26 Å². The molecule has 37 heavy (non-hydrogen) atoms. The van der Waals surface area contributed by atoms with Gasteiger partial charge < -0.3 is 29.4 Å². The summed E-state index contributed by atoms with van der Waals surface area (Å²) in [6.07, 6.45) is 2.07. The van der Waals surface area contributed by atoms with Crippen molar-refractivity contribution >= 4 is 6.08 Å². The average molecular weight is 504 g/mol. The molecular weight excluding hydrogens is 470 g/mol. The van der Waals surface area contributed by atoms with Crippen LogP contribution in [0, 0.1) is 11.3 Å². The number of methoxy groups -OCH3 is 4. The van der Waals surface area contributed by atoms with Gasteiger partial charge in [0.25, 0.3) is 0 Å². The third-order valence-electron chi connectivity index (χ3n) is 6.78. The van der Waals surface area contributed by atoms with Crippen LogP contribution in [-0.2, 0) is 4.74 Å². The van der Waals surface area contributed by atoms with Gasteiger partial charge in [0.2, 0.25) is 5.88 Å². The summed E-state index contributed by atoms with van der Waals surface area (Å²) in [5.41, 5.74) is 10.5. The fourth-order valence-corrected chi connectivity index (χ4v) is 4.82. The fraction of sp³-hybridized carbons (Fsp3) is 0.345. The first kappa shape index (κ1) is 26.0. The Morgan fingerprint density at radius 2 is 1.57 bits per heavy atom. The third-order valence-corrected chi connectivity index (χ3v) is 6.78. The highest BCUT2D eigenvalue weighted by Gasteiger charge is 2.38. The van der Waals surface area contributed by atoms with Gasteiger partial charge in [-0.3, -0.25) is 4.90 Å². The Morgan fingerprint density at radius 1 is 0.946 bits per heavy atom. The number of benzene rings is 2. The van der Waals surface area contributed by atoms with Gasteiger partial charge in [0.05, 0.1) is 34.4 Å². The Labute approximate surface area is 218 Å². The molecule has 0 radical (unpaired) electrons. The predicted molar refractivity (Wildman–Crippen MR) is 141 cm³/mol. The smallest absolute Gasteiger partial charge is 0.205 e. The first-order valence-electron chi connectivity index (χ1n) is 12.0. The monoisotopic (exact) mass is 503 g/mol. The number of hydrogen-bond acceptors (Lipinski definition) is 8. The normalized spacial score (nSPS) is 18.9. The summed E-state index contributed by atoms with van der Waals surface area (Å²) < 4.78 is 28.0. The number of nitrogens with zero attached hydrogens (tertiary/aromatic N) is 2. The average Bonchev–Trinajstić information content (AvgIpc) is 2.91. The van der Waals surface area contributed by atoms with Crippen LogP contribution >= 0.6 is 0 Å². The number of ether oxygens (including phenoxy) is 5. The van der Waals surface area contributed by atoms with E-state index in [0.717, 1.165) is 22.3 Å². The molecule has 2 aliphatic heterocycles. The molecule has 2 aromatic carbocycles. The van der Waals surface area contributed by atoms with Crippen molar-refractivity contribution in [1.29, 1.82) is 5.26 Å². The van der Waals surface area contributed by atoms with Crippen LogP contribution in [0.15, 0.2) is 64.8 Å². The van der Waals surface area contributed by atoms with Crippen molar-refractivity contribution in [1.82, 2.24) is 4.90 Å². The van der Waals surface area contributed by atoms with E-state index in [0.29, 0.717) is 47.4 Å². The van der Waals surface area contributed by atoms with Gasteiger partial charge in [-0.05, 0) is 60.9 Å². The summed E-state index contributed by atoms with van der Waals surface area (Å²) in [5.74, 6) is 2.92. The molecule has 2 aliphatic rings. The molecule has 2 aromatic rings. The molecule has 2 N–H and O–H groups in total. The molecule has 2 heterocycles. The van der Waals surface area contributed by atoms with E-state index in [1.807, 2.05) is 36.4 Å². The summed E-state index contributed by atoms with van der Waals surface area (Å²) in [4.78, 5) is 2.35. The molecule has 0 spiro atoms. The zero-order valence-corrected chi connectivity index (χ0v) is 22.1. The highest BCUT2D eigenvalue weighted by Crippen LogP contribution is 2.45. The van der Waals surface area contributed by atoms with Gasteiger partial charge in [0.1, 0.15) is 17.4 Å². The second-order valence-corrected chi connectivity index (χ2v) is 9.18. The molecule has 8 heteroatoms. The summed E-state index contributed by atoms with van der Waals surface area (Å²) in [6, 6.07) is 14.0. The van der Waals surface area contributed by atoms with Crippen molar-refractivity contribution in [2.75, 3.05) is 41.5 Å². The van der Waals surface area contributed by atoms with E-state index in [2.05, 4.69) is 30.9 Å². The van der Waals surface area contributed by atoms with E-state index in [4.69, 9.17) is 29.4 Å². The minimum atomic E-state index is -0.385. The van der Waals surface area contributed by atoms with E-state index < -0.39 is 0 Å². The maximum absolute atomic E-state index is 10.1. The van der Waals surface area contributed by atoms with E-state index in [-0.39, 0.29) is 17.8 Å². The van der Waals surface area contributed by atoms with Gasteiger partial charge >= 0.3 is 0 Å². The molecule has 8 nitrogen and oxygen atoms in total. The van der Waals surface area contributed by atoms with Crippen molar-refractivity contribution in [2.45, 2.75) is 25.8 Å². The Kier molecular flexibility index (Phi) is 7.65. The minimum absolute atomic E-state index is 0.109. The van der Waals surface area contributed by atoms with Crippen LogP contribution in [-0.4, -0.2) is 52.5 Å². The molecule has 0 aromatic heterocycles. The summed E-state index contributed by atoms with van der Waals surface area (Å²) >= 11 is 0. The van der Waals surface area contributed by atoms with Gasteiger partial charge in [0, 0.05) is 24.7 Å². The molecule has 0 aliphatic carbocycles. The molecule has 0 fully saturated rings. The largest absolute Gasteiger partial charge is 0.493 e. The highest BCUT2D eigenvalue weighted by molar-refractivity contribution is 5.65. The van der Waals surface area contributed by atoms with Gasteiger partial charge in [-0.25, -0.2) is 0 Å². The lowest BCUT2D eigenvalue weighted by atomic mass is 9.80. The van der Waals surface area contributed by atoms with Crippen LogP contribution in [0.2, 0.25) is 0 Å². The molecule has 4 rings (SSSR count). The van der Waals surface area contributed by atoms with Crippen LogP contribution in [0.4, 0.5) is 0 Å².